The zero-order chi connectivity index (χ0) is 17.9. The van der Waals surface area contributed by atoms with Gasteiger partial charge >= 0.3 is 0 Å². The van der Waals surface area contributed by atoms with E-state index in [4.69, 9.17) is 0 Å². The lowest BCUT2D eigenvalue weighted by Crippen LogP contribution is -2.39. The first-order chi connectivity index (χ1) is 12.7. The summed E-state index contributed by atoms with van der Waals surface area (Å²) in [7, 11) is 0. The molecule has 0 bridgehead atoms. The van der Waals surface area contributed by atoms with Crippen LogP contribution in [-0.4, -0.2) is 43.1 Å². The number of aryl methyl sites for hydroxylation is 1. The van der Waals surface area contributed by atoms with Crippen molar-refractivity contribution >= 4 is 11.6 Å². The van der Waals surface area contributed by atoms with Crippen LogP contribution in [0.3, 0.4) is 0 Å². The molecule has 1 atom stereocenters. The summed E-state index contributed by atoms with van der Waals surface area (Å²) in [5, 5.41) is 7.29. The Labute approximate surface area is 152 Å². The largest absolute Gasteiger partial charge is 0.345 e. The number of aromatic nitrogens is 4. The van der Waals surface area contributed by atoms with Crippen molar-refractivity contribution in [2.75, 3.05) is 11.9 Å². The number of amides is 1. The summed E-state index contributed by atoms with van der Waals surface area (Å²) in [6, 6.07) is 9.48. The number of benzene rings is 1. The van der Waals surface area contributed by atoms with E-state index >= 15 is 0 Å². The molecule has 1 aromatic carbocycles. The van der Waals surface area contributed by atoms with Crippen LogP contribution in [0.4, 0.5) is 5.69 Å². The van der Waals surface area contributed by atoms with Gasteiger partial charge in [-0.25, -0.2) is 9.67 Å². The van der Waals surface area contributed by atoms with Crippen LogP contribution in [0.2, 0.25) is 0 Å². The first-order valence-electron chi connectivity index (χ1n) is 8.84. The van der Waals surface area contributed by atoms with Gasteiger partial charge < -0.3 is 10.3 Å². The van der Waals surface area contributed by atoms with E-state index in [0.29, 0.717) is 6.54 Å². The van der Waals surface area contributed by atoms with E-state index in [1.54, 1.807) is 10.9 Å². The van der Waals surface area contributed by atoms with Gasteiger partial charge in [0.2, 0.25) is 5.91 Å². The minimum absolute atomic E-state index is 0.0383. The fourth-order valence-corrected chi connectivity index (χ4v) is 3.46. The van der Waals surface area contributed by atoms with E-state index in [-0.39, 0.29) is 11.9 Å². The Morgan fingerprint density at radius 1 is 1.38 bits per heavy atom. The summed E-state index contributed by atoms with van der Waals surface area (Å²) in [6.07, 6.45) is 7.36. The average molecular weight is 350 g/mol. The van der Waals surface area contributed by atoms with Crippen LogP contribution in [0.15, 0.2) is 48.9 Å². The molecule has 2 N–H and O–H groups in total. The van der Waals surface area contributed by atoms with Crippen LogP contribution in [0.1, 0.15) is 24.4 Å². The van der Waals surface area contributed by atoms with Crippen LogP contribution >= 0.6 is 0 Å². The van der Waals surface area contributed by atoms with E-state index < -0.39 is 0 Å². The molecule has 3 aromatic rings. The van der Waals surface area contributed by atoms with Gasteiger partial charge in [-0.15, -0.1) is 0 Å². The third kappa shape index (κ3) is 3.52. The molecule has 0 saturated carbocycles. The molecule has 0 aliphatic carbocycles. The van der Waals surface area contributed by atoms with Gasteiger partial charge in [0.15, 0.2) is 0 Å². The van der Waals surface area contributed by atoms with Gasteiger partial charge in [-0.3, -0.25) is 9.69 Å². The second-order valence-electron chi connectivity index (χ2n) is 6.61. The highest BCUT2D eigenvalue weighted by molar-refractivity contribution is 5.95. The number of rotatable bonds is 5. The molecule has 1 saturated heterocycles. The van der Waals surface area contributed by atoms with Crippen molar-refractivity contribution in [2.45, 2.75) is 32.4 Å². The van der Waals surface area contributed by atoms with Crippen molar-refractivity contribution in [3.8, 4) is 5.69 Å². The number of hydrogen-bond donors (Lipinski definition) is 2. The van der Waals surface area contributed by atoms with Gasteiger partial charge in [0.1, 0.15) is 5.82 Å². The Morgan fingerprint density at radius 3 is 3.08 bits per heavy atom. The summed E-state index contributed by atoms with van der Waals surface area (Å²) in [6.45, 7) is 3.57. The zero-order valence-corrected chi connectivity index (χ0v) is 14.7. The van der Waals surface area contributed by atoms with Crippen LogP contribution in [0, 0.1) is 6.92 Å². The lowest BCUT2D eigenvalue weighted by atomic mass is 10.2. The highest BCUT2D eigenvalue weighted by atomic mass is 16.2. The van der Waals surface area contributed by atoms with Crippen molar-refractivity contribution in [2.24, 2.45) is 0 Å². The van der Waals surface area contributed by atoms with Gasteiger partial charge in [0.25, 0.3) is 0 Å². The minimum atomic E-state index is -0.119. The van der Waals surface area contributed by atoms with Crippen LogP contribution in [0.5, 0.6) is 0 Å². The topological polar surface area (TPSA) is 78.8 Å². The number of H-pyrrole nitrogens is 1. The average Bonchev–Trinajstić information content (AvgIpc) is 3.37. The predicted molar refractivity (Wildman–Crippen MR) is 99.0 cm³/mol. The maximum absolute atomic E-state index is 12.8. The van der Waals surface area contributed by atoms with Crippen molar-refractivity contribution in [1.29, 1.82) is 0 Å². The van der Waals surface area contributed by atoms with Crippen molar-refractivity contribution in [1.82, 2.24) is 24.6 Å². The zero-order valence-electron chi connectivity index (χ0n) is 14.7. The van der Waals surface area contributed by atoms with E-state index in [9.17, 15) is 4.79 Å². The van der Waals surface area contributed by atoms with Crippen LogP contribution in [0.25, 0.3) is 5.69 Å². The number of hydrogen-bond acceptors (Lipinski definition) is 4. The van der Waals surface area contributed by atoms with Gasteiger partial charge in [0, 0.05) is 36.5 Å². The molecule has 1 aliphatic heterocycles. The first kappa shape index (κ1) is 16.5. The van der Waals surface area contributed by atoms with E-state index in [1.807, 2.05) is 49.6 Å². The number of likely N-dealkylation sites (tertiary alicyclic amines) is 1. The summed E-state index contributed by atoms with van der Waals surface area (Å²) in [5.41, 5.74) is 2.75. The van der Waals surface area contributed by atoms with Gasteiger partial charge in [-0.1, -0.05) is 6.07 Å². The van der Waals surface area contributed by atoms with E-state index in [1.165, 1.54) is 0 Å². The van der Waals surface area contributed by atoms with Crippen LogP contribution in [-0.2, 0) is 11.3 Å². The molecule has 1 amide bonds. The number of carbonyl (C=O) groups is 1. The molecule has 0 unspecified atom stereocenters. The van der Waals surface area contributed by atoms with E-state index in [2.05, 4.69) is 25.3 Å². The molecule has 0 spiro atoms. The number of carbonyl (C=O) groups excluding carboxylic acids is 1. The Hall–Kier alpha value is -2.93. The summed E-state index contributed by atoms with van der Waals surface area (Å²) in [4.78, 5) is 22.5. The molecule has 7 heteroatoms. The Bertz CT molecular complexity index is 885. The Balaban J connectivity index is 1.44. The third-order valence-electron chi connectivity index (χ3n) is 4.68. The molecular weight excluding hydrogens is 328 g/mol. The van der Waals surface area contributed by atoms with Crippen molar-refractivity contribution < 1.29 is 4.79 Å². The number of nitrogens with one attached hydrogen (secondary N) is 2. The standard InChI is InChI=1S/C19H22N6O/c1-14-20-12-16(22-14)13-24-9-3-7-18(24)19(26)23-15-5-2-6-17(11-15)25-10-4-8-21-25/h2,4-6,8,10-12,18H,3,7,9,13H2,1H3,(H,20,22)(H,23,26)/t18-/m0/s1. The lowest BCUT2D eigenvalue weighted by molar-refractivity contribution is -0.120. The highest BCUT2D eigenvalue weighted by Crippen LogP contribution is 2.22. The lowest BCUT2D eigenvalue weighted by Gasteiger charge is -2.23. The monoisotopic (exact) mass is 350 g/mol. The van der Waals surface area contributed by atoms with Crippen LogP contribution < -0.4 is 5.32 Å². The second kappa shape index (κ2) is 7.13. The Morgan fingerprint density at radius 2 is 2.31 bits per heavy atom. The predicted octanol–water partition coefficient (Wildman–Crippen LogP) is 2.51. The fourth-order valence-electron chi connectivity index (χ4n) is 3.46. The molecule has 7 nitrogen and oxygen atoms in total. The molecule has 1 aliphatic rings. The number of anilines is 1. The van der Waals surface area contributed by atoms with Crippen molar-refractivity contribution in [3.05, 3.63) is 60.4 Å². The summed E-state index contributed by atoms with van der Waals surface area (Å²) in [5.74, 6) is 0.937. The number of nitrogens with zero attached hydrogens (tertiary/aromatic N) is 4. The molecule has 1 fully saturated rings. The van der Waals surface area contributed by atoms with Gasteiger partial charge in [0.05, 0.1) is 11.7 Å². The molecule has 3 heterocycles. The highest BCUT2D eigenvalue weighted by Gasteiger charge is 2.31. The summed E-state index contributed by atoms with van der Waals surface area (Å²) >= 11 is 0. The number of imidazole rings is 1. The van der Waals surface area contributed by atoms with Gasteiger partial charge in [-0.05, 0) is 50.6 Å². The molecule has 2 aromatic heterocycles. The molecular formula is C19H22N6O. The second-order valence-corrected chi connectivity index (χ2v) is 6.61. The SMILES string of the molecule is Cc1ncc(CN2CCC[C@H]2C(=O)Nc2cccc(-n3cccn3)c2)[nH]1. The van der Waals surface area contributed by atoms with Crippen molar-refractivity contribution in [3.63, 3.8) is 0 Å². The molecule has 26 heavy (non-hydrogen) atoms. The van der Waals surface area contributed by atoms with Gasteiger partial charge in [-0.2, -0.15) is 5.10 Å². The molecule has 4 rings (SSSR count). The first-order valence-corrected chi connectivity index (χ1v) is 8.84. The van der Waals surface area contributed by atoms with E-state index in [0.717, 1.165) is 42.3 Å². The summed E-state index contributed by atoms with van der Waals surface area (Å²) < 4.78 is 1.78. The minimum Gasteiger partial charge on any atom is -0.345 e. The fraction of sp³-hybridized carbons (Fsp3) is 0.316. The Kier molecular flexibility index (Phi) is 4.53. The quantitative estimate of drug-likeness (QED) is 0.741. The maximum Gasteiger partial charge on any atom is 0.241 e. The molecule has 134 valence electrons. The normalized spacial score (nSPS) is 17.5. The number of aromatic amines is 1. The third-order valence-corrected chi connectivity index (χ3v) is 4.68. The smallest absolute Gasteiger partial charge is 0.241 e. The molecule has 0 radical (unpaired) electrons. The maximum atomic E-state index is 12.8.